The molecule has 3 fully saturated rings. The van der Waals surface area contributed by atoms with Gasteiger partial charge in [-0.3, -0.25) is 14.6 Å². The average molecular weight is 359 g/mol. The van der Waals surface area contributed by atoms with Gasteiger partial charge in [-0.1, -0.05) is 0 Å². The molecule has 3 aliphatic heterocycles. The smallest absolute Gasteiger partial charge is 0.236 e. The number of piperidine rings is 1. The molecule has 0 bridgehead atoms. The van der Waals surface area contributed by atoms with Gasteiger partial charge in [0.15, 0.2) is 9.84 Å². The molecule has 138 valence electrons. The lowest BCUT2D eigenvalue weighted by Gasteiger charge is -2.39. The third-order valence-electron chi connectivity index (χ3n) is 5.66. The van der Waals surface area contributed by atoms with Gasteiger partial charge in [0.05, 0.1) is 18.1 Å². The van der Waals surface area contributed by atoms with Crippen molar-refractivity contribution in [2.24, 2.45) is 0 Å². The Morgan fingerprint density at radius 2 is 1.88 bits per heavy atom. The van der Waals surface area contributed by atoms with E-state index in [9.17, 15) is 13.2 Å². The second-order valence-electron chi connectivity index (χ2n) is 7.34. The number of piperazine rings is 1. The highest BCUT2D eigenvalue weighted by atomic mass is 32.2. The molecule has 3 aliphatic rings. The molecule has 0 aromatic rings. The van der Waals surface area contributed by atoms with Crippen molar-refractivity contribution in [2.75, 3.05) is 64.4 Å². The van der Waals surface area contributed by atoms with Crippen LogP contribution in [0.25, 0.3) is 0 Å². The van der Waals surface area contributed by atoms with Gasteiger partial charge in [-0.25, -0.2) is 8.42 Å². The molecule has 0 spiro atoms. The average Bonchev–Trinajstić information content (AvgIpc) is 2.95. The lowest BCUT2D eigenvalue weighted by Crippen LogP contribution is -2.55. The molecule has 0 aliphatic carbocycles. The summed E-state index contributed by atoms with van der Waals surface area (Å²) in [5.41, 5.74) is 0. The molecule has 2 unspecified atom stereocenters. The summed E-state index contributed by atoms with van der Waals surface area (Å²) >= 11 is 0. The van der Waals surface area contributed by atoms with E-state index in [2.05, 4.69) is 15.1 Å². The number of likely N-dealkylation sites (tertiary alicyclic amines) is 1. The first kappa shape index (κ1) is 18.1. The van der Waals surface area contributed by atoms with Crippen LogP contribution in [0.3, 0.4) is 0 Å². The minimum atomic E-state index is -2.84. The predicted octanol–water partition coefficient (Wildman–Crippen LogP) is -0.998. The Morgan fingerprint density at radius 3 is 2.50 bits per heavy atom. The van der Waals surface area contributed by atoms with Crippen LogP contribution in [0.4, 0.5) is 0 Å². The highest BCUT2D eigenvalue weighted by Crippen LogP contribution is 2.19. The van der Waals surface area contributed by atoms with Crippen molar-refractivity contribution in [1.82, 2.24) is 20.0 Å². The van der Waals surface area contributed by atoms with Gasteiger partial charge in [0.2, 0.25) is 5.91 Å². The SMILES string of the molecule is CNC1CCCN(CC(=O)N2CCN(C3CCS(=O)(=O)C3)CC2)C1. The van der Waals surface area contributed by atoms with Gasteiger partial charge in [-0.05, 0) is 32.9 Å². The lowest BCUT2D eigenvalue weighted by molar-refractivity contribution is -0.134. The van der Waals surface area contributed by atoms with Crippen LogP contribution in [0.2, 0.25) is 0 Å². The van der Waals surface area contributed by atoms with E-state index in [1.54, 1.807) is 0 Å². The number of carbonyl (C=O) groups is 1. The van der Waals surface area contributed by atoms with E-state index in [1.807, 2.05) is 11.9 Å². The summed E-state index contributed by atoms with van der Waals surface area (Å²) in [6.07, 6.45) is 3.07. The molecular weight excluding hydrogens is 328 g/mol. The van der Waals surface area contributed by atoms with Gasteiger partial charge < -0.3 is 10.2 Å². The Morgan fingerprint density at radius 1 is 1.12 bits per heavy atom. The summed E-state index contributed by atoms with van der Waals surface area (Å²) < 4.78 is 23.3. The molecule has 0 saturated carbocycles. The number of sulfone groups is 1. The molecule has 0 aromatic carbocycles. The highest BCUT2D eigenvalue weighted by molar-refractivity contribution is 7.91. The molecule has 3 rings (SSSR count). The van der Waals surface area contributed by atoms with E-state index in [0.717, 1.165) is 52.1 Å². The van der Waals surface area contributed by atoms with Crippen LogP contribution >= 0.6 is 0 Å². The molecule has 7 nitrogen and oxygen atoms in total. The van der Waals surface area contributed by atoms with E-state index >= 15 is 0 Å². The Kier molecular flexibility index (Phi) is 5.79. The molecule has 0 radical (unpaired) electrons. The van der Waals surface area contributed by atoms with Gasteiger partial charge in [0.25, 0.3) is 0 Å². The number of nitrogens with one attached hydrogen (secondary N) is 1. The first-order chi connectivity index (χ1) is 11.5. The number of likely N-dealkylation sites (N-methyl/N-ethyl adjacent to an activating group) is 1. The zero-order valence-electron chi connectivity index (χ0n) is 14.6. The second-order valence-corrected chi connectivity index (χ2v) is 9.57. The fourth-order valence-corrected chi connectivity index (χ4v) is 5.89. The van der Waals surface area contributed by atoms with Crippen LogP contribution in [0.1, 0.15) is 19.3 Å². The molecule has 3 heterocycles. The van der Waals surface area contributed by atoms with E-state index in [0.29, 0.717) is 24.1 Å². The maximum Gasteiger partial charge on any atom is 0.236 e. The predicted molar refractivity (Wildman–Crippen MR) is 93.7 cm³/mol. The van der Waals surface area contributed by atoms with Crippen molar-refractivity contribution in [3.63, 3.8) is 0 Å². The number of hydrogen-bond donors (Lipinski definition) is 1. The van der Waals surface area contributed by atoms with Crippen molar-refractivity contribution in [3.05, 3.63) is 0 Å². The van der Waals surface area contributed by atoms with Crippen LogP contribution in [-0.2, 0) is 14.6 Å². The fourth-order valence-electron chi connectivity index (χ4n) is 4.13. The Balaban J connectivity index is 1.43. The van der Waals surface area contributed by atoms with Gasteiger partial charge in [0.1, 0.15) is 0 Å². The van der Waals surface area contributed by atoms with Crippen LogP contribution in [-0.4, -0.2) is 105 Å². The number of nitrogens with zero attached hydrogens (tertiary/aromatic N) is 3. The minimum absolute atomic E-state index is 0.158. The van der Waals surface area contributed by atoms with Crippen molar-refractivity contribution >= 4 is 15.7 Å². The molecular formula is C16H30N4O3S. The Hall–Kier alpha value is -0.700. The summed E-state index contributed by atoms with van der Waals surface area (Å²) in [7, 11) is -0.852. The maximum absolute atomic E-state index is 12.5. The summed E-state index contributed by atoms with van der Waals surface area (Å²) in [6, 6.07) is 0.651. The van der Waals surface area contributed by atoms with Crippen LogP contribution in [0, 0.1) is 0 Å². The Labute approximate surface area is 145 Å². The molecule has 1 N–H and O–H groups in total. The zero-order chi connectivity index (χ0) is 17.2. The normalized spacial score (nSPS) is 32.1. The zero-order valence-corrected chi connectivity index (χ0v) is 15.4. The van der Waals surface area contributed by atoms with E-state index in [4.69, 9.17) is 0 Å². The summed E-state index contributed by atoms with van der Waals surface area (Å²) in [5, 5.41) is 3.31. The molecule has 3 saturated heterocycles. The molecule has 0 aromatic heterocycles. The summed E-state index contributed by atoms with van der Waals surface area (Å²) in [6.45, 7) is 5.50. The lowest BCUT2D eigenvalue weighted by atomic mass is 10.1. The molecule has 1 amide bonds. The first-order valence-electron chi connectivity index (χ1n) is 9.09. The van der Waals surface area contributed by atoms with Crippen LogP contribution < -0.4 is 5.32 Å². The minimum Gasteiger partial charge on any atom is -0.339 e. The first-order valence-corrected chi connectivity index (χ1v) is 10.9. The third-order valence-corrected chi connectivity index (χ3v) is 7.41. The standard InChI is InChI=1S/C16H30N4O3S/c1-17-14-3-2-5-18(11-14)12-16(21)20-8-6-19(7-9-20)15-4-10-24(22,23)13-15/h14-15,17H,2-13H2,1H3. The quantitative estimate of drug-likeness (QED) is 0.695. The fraction of sp³-hybridized carbons (Fsp3) is 0.938. The van der Waals surface area contributed by atoms with Crippen LogP contribution in [0.5, 0.6) is 0 Å². The topological polar surface area (TPSA) is 73.0 Å². The van der Waals surface area contributed by atoms with Gasteiger partial charge in [0, 0.05) is 44.8 Å². The second kappa shape index (κ2) is 7.68. The van der Waals surface area contributed by atoms with Gasteiger partial charge in [-0.15, -0.1) is 0 Å². The Bertz CT molecular complexity index is 546. The van der Waals surface area contributed by atoms with Crippen molar-refractivity contribution in [1.29, 1.82) is 0 Å². The number of amides is 1. The van der Waals surface area contributed by atoms with Crippen molar-refractivity contribution in [3.8, 4) is 0 Å². The third kappa shape index (κ3) is 4.47. The molecule has 2 atom stereocenters. The number of carbonyl (C=O) groups excluding carboxylic acids is 1. The summed E-state index contributed by atoms with van der Waals surface area (Å²) in [4.78, 5) is 19.0. The van der Waals surface area contributed by atoms with Crippen molar-refractivity contribution in [2.45, 2.75) is 31.3 Å². The van der Waals surface area contributed by atoms with Crippen molar-refractivity contribution < 1.29 is 13.2 Å². The van der Waals surface area contributed by atoms with Gasteiger partial charge in [-0.2, -0.15) is 0 Å². The summed E-state index contributed by atoms with van der Waals surface area (Å²) in [5.74, 6) is 0.823. The van der Waals surface area contributed by atoms with Crippen LogP contribution in [0.15, 0.2) is 0 Å². The van der Waals surface area contributed by atoms with E-state index < -0.39 is 9.84 Å². The maximum atomic E-state index is 12.5. The highest BCUT2D eigenvalue weighted by Gasteiger charge is 2.34. The van der Waals surface area contributed by atoms with E-state index in [-0.39, 0.29) is 11.9 Å². The molecule has 8 heteroatoms. The molecule has 24 heavy (non-hydrogen) atoms. The largest absolute Gasteiger partial charge is 0.339 e. The number of rotatable bonds is 4. The van der Waals surface area contributed by atoms with Gasteiger partial charge >= 0.3 is 0 Å². The monoisotopic (exact) mass is 358 g/mol. The van der Waals surface area contributed by atoms with E-state index in [1.165, 1.54) is 6.42 Å². The number of hydrogen-bond acceptors (Lipinski definition) is 6.